The minimum Gasteiger partial charge on any atom is -0.467 e. The average Bonchev–Trinajstić information content (AvgIpc) is 3.39. The van der Waals surface area contributed by atoms with Gasteiger partial charge in [0.25, 0.3) is 11.8 Å². The molecule has 2 heterocycles. The summed E-state index contributed by atoms with van der Waals surface area (Å²) in [5.41, 5.74) is 6.86. The predicted octanol–water partition coefficient (Wildman–Crippen LogP) is 3.19. The lowest BCUT2D eigenvalue weighted by atomic mass is 10.1. The SMILES string of the molecule is COC(=O)[C@@H](NC(=O)c1ccc(/C=C/C#Cc2ccc(CN3CCOCC3)cc2)cc1)[C@@H](C)O.C[C@@H](O)[C@H](NC(=O)c1ccc(/C=C/C#Cc2ccc(CN3CCOCC3)cc2)cc1)C(=O)CO.NO. The zero-order chi connectivity index (χ0) is 50.7. The van der Waals surface area contributed by atoms with E-state index in [4.69, 9.17) is 19.8 Å². The van der Waals surface area contributed by atoms with E-state index in [0.29, 0.717) is 11.1 Å². The van der Waals surface area contributed by atoms with Gasteiger partial charge in [-0.1, -0.05) is 72.2 Å². The van der Waals surface area contributed by atoms with Crippen molar-refractivity contribution in [3.05, 3.63) is 154 Å². The average molecular weight is 958 g/mol. The highest BCUT2D eigenvalue weighted by atomic mass is 16.5. The number of rotatable bonds is 15. The summed E-state index contributed by atoms with van der Waals surface area (Å²) >= 11 is 0. The maximum atomic E-state index is 12.4. The number of nitrogens with zero attached hydrogens (tertiary/aromatic N) is 2. The molecule has 4 aromatic carbocycles. The summed E-state index contributed by atoms with van der Waals surface area (Å²) in [6, 6.07) is 27.9. The number of nitrogens with one attached hydrogen (secondary N) is 2. The van der Waals surface area contributed by atoms with Gasteiger partial charge in [0.15, 0.2) is 11.8 Å². The number of aliphatic hydroxyl groups is 3. The van der Waals surface area contributed by atoms with Crippen LogP contribution in [-0.4, -0.2) is 145 Å². The van der Waals surface area contributed by atoms with Crippen LogP contribution in [-0.2, 0) is 36.9 Å². The minimum absolute atomic E-state index is 0.344. The molecule has 0 saturated carbocycles. The van der Waals surface area contributed by atoms with Crippen LogP contribution in [0.1, 0.15) is 67.9 Å². The number of methoxy groups -OCH3 is 1. The molecule has 0 aromatic heterocycles. The first-order valence-corrected chi connectivity index (χ1v) is 22.7. The summed E-state index contributed by atoms with van der Waals surface area (Å²) in [6.45, 7) is 10.9. The number of carbonyl (C=O) groups is 4. The Bertz CT molecular complexity index is 2270. The van der Waals surface area contributed by atoms with E-state index in [1.165, 1.54) is 32.1 Å². The van der Waals surface area contributed by atoms with Crippen LogP contribution >= 0.6 is 0 Å². The fraction of sp³-hybridized carbons (Fsp3) is 0.333. The van der Waals surface area contributed by atoms with Crippen LogP contribution in [0.25, 0.3) is 12.2 Å². The second-order valence-corrected chi connectivity index (χ2v) is 16.2. The lowest BCUT2D eigenvalue weighted by Gasteiger charge is -2.26. The zero-order valence-electron chi connectivity index (χ0n) is 39.8. The lowest BCUT2D eigenvalue weighted by Crippen LogP contribution is -2.48. The van der Waals surface area contributed by atoms with Crippen LogP contribution in [0.4, 0.5) is 0 Å². The number of hydrogen-bond donors (Lipinski definition) is 7. The van der Waals surface area contributed by atoms with E-state index in [-0.39, 0.29) is 0 Å². The van der Waals surface area contributed by atoms with Gasteiger partial charge in [-0.25, -0.2) is 10.7 Å². The molecule has 2 fully saturated rings. The molecule has 2 saturated heterocycles. The number of benzene rings is 4. The van der Waals surface area contributed by atoms with Crippen molar-refractivity contribution in [1.82, 2.24) is 20.4 Å². The molecule has 2 amide bonds. The number of ketones is 1. The van der Waals surface area contributed by atoms with Gasteiger partial charge in [0.2, 0.25) is 0 Å². The third-order valence-corrected chi connectivity index (χ3v) is 10.9. The Labute approximate surface area is 409 Å². The number of allylic oxidation sites excluding steroid dienone is 2. The number of ether oxygens (including phenoxy) is 3. The summed E-state index contributed by atoms with van der Waals surface area (Å²) < 4.78 is 15.4. The number of hydrogen-bond acceptors (Lipinski definition) is 14. The normalized spacial score (nSPS) is 15.4. The smallest absolute Gasteiger partial charge is 0.331 e. The largest absolute Gasteiger partial charge is 0.467 e. The summed E-state index contributed by atoms with van der Waals surface area (Å²) in [5.74, 6) is 13.5. The van der Waals surface area contributed by atoms with Gasteiger partial charge in [-0.2, -0.15) is 0 Å². The molecule has 0 unspecified atom stereocenters. The Balaban J connectivity index is 0.000000294. The number of amides is 2. The minimum atomic E-state index is -1.15. The highest BCUT2D eigenvalue weighted by Crippen LogP contribution is 2.12. The van der Waals surface area contributed by atoms with Gasteiger partial charge in [0.1, 0.15) is 12.6 Å². The summed E-state index contributed by atoms with van der Waals surface area (Å²) in [5, 5.41) is 39.8. The van der Waals surface area contributed by atoms with E-state index in [1.807, 2.05) is 36.4 Å². The first kappa shape index (κ1) is 55.8. The number of aliphatic hydroxyl groups excluding tert-OH is 3. The zero-order valence-corrected chi connectivity index (χ0v) is 39.8. The van der Waals surface area contributed by atoms with E-state index in [0.717, 1.165) is 87.9 Å². The molecule has 8 N–H and O–H groups in total. The molecule has 4 atom stereocenters. The number of Topliss-reactive ketones (excluding diaryl/α,β-unsaturated/α-hetero) is 1. The first-order valence-electron chi connectivity index (χ1n) is 22.7. The van der Waals surface area contributed by atoms with Crippen LogP contribution in [0.5, 0.6) is 0 Å². The van der Waals surface area contributed by atoms with E-state index in [1.54, 1.807) is 60.7 Å². The number of esters is 1. The van der Waals surface area contributed by atoms with Gasteiger partial charge >= 0.3 is 5.97 Å². The Morgan fingerprint density at radius 1 is 0.629 bits per heavy atom. The van der Waals surface area contributed by atoms with Gasteiger partial charge in [-0.15, -0.1) is 0 Å². The van der Waals surface area contributed by atoms with Crippen molar-refractivity contribution in [2.45, 2.75) is 51.2 Å². The molecule has 0 bridgehead atoms. The van der Waals surface area contributed by atoms with Crippen molar-refractivity contribution in [3.63, 3.8) is 0 Å². The molecular formula is C54H63N5O11. The topological polar surface area (TPSA) is 233 Å². The van der Waals surface area contributed by atoms with Gasteiger partial charge in [-0.3, -0.25) is 24.2 Å². The Morgan fingerprint density at radius 2 is 1.00 bits per heavy atom. The van der Waals surface area contributed by atoms with E-state index in [2.05, 4.69) is 79.0 Å². The van der Waals surface area contributed by atoms with Crippen molar-refractivity contribution in [2.75, 3.05) is 66.3 Å². The van der Waals surface area contributed by atoms with Gasteiger partial charge < -0.3 is 45.4 Å². The molecule has 16 nitrogen and oxygen atoms in total. The van der Waals surface area contributed by atoms with Crippen LogP contribution < -0.4 is 16.5 Å². The molecule has 2 aliphatic rings. The third kappa shape index (κ3) is 19.3. The van der Waals surface area contributed by atoms with Gasteiger partial charge in [0.05, 0.1) is 45.7 Å². The maximum absolute atomic E-state index is 12.4. The number of carbonyl (C=O) groups excluding carboxylic acids is 4. The number of nitrogens with two attached hydrogens (primary N) is 1. The Hall–Kier alpha value is -6.80. The van der Waals surface area contributed by atoms with Crippen molar-refractivity contribution < 1.29 is 53.9 Å². The van der Waals surface area contributed by atoms with E-state index >= 15 is 0 Å². The molecule has 0 aliphatic carbocycles. The monoisotopic (exact) mass is 957 g/mol. The van der Waals surface area contributed by atoms with Crippen molar-refractivity contribution in [1.29, 1.82) is 0 Å². The molecule has 2 aliphatic heterocycles. The van der Waals surface area contributed by atoms with Gasteiger partial charge in [0, 0.05) is 61.5 Å². The van der Waals surface area contributed by atoms with Crippen molar-refractivity contribution in [3.8, 4) is 23.7 Å². The van der Waals surface area contributed by atoms with Crippen LogP contribution in [0.3, 0.4) is 0 Å². The molecule has 0 radical (unpaired) electrons. The molecule has 4 aromatic rings. The summed E-state index contributed by atoms with van der Waals surface area (Å²) in [4.78, 5) is 52.8. The lowest BCUT2D eigenvalue weighted by molar-refractivity contribution is -0.145. The number of morpholine rings is 2. The van der Waals surface area contributed by atoms with Crippen molar-refractivity contribution in [2.24, 2.45) is 5.90 Å². The van der Waals surface area contributed by atoms with E-state index in [9.17, 15) is 29.4 Å². The second kappa shape index (κ2) is 30.6. The van der Waals surface area contributed by atoms with E-state index < -0.39 is 54.5 Å². The quantitative estimate of drug-likeness (QED) is 0.0516. The maximum Gasteiger partial charge on any atom is 0.331 e. The van der Waals surface area contributed by atoms with Crippen LogP contribution in [0.2, 0.25) is 0 Å². The fourth-order valence-electron chi connectivity index (χ4n) is 6.96. The first-order chi connectivity index (χ1) is 33.9. The molecule has 16 heteroatoms. The van der Waals surface area contributed by atoms with Gasteiger partial charge in [-0.05, 0) is 109 Å². The van der Waals surface area contributed by atoms with Crippen LogP contribution in [0.15, 0.2) is 109 Å². The molecule has 70 heavy (non-hydrogen) atoms. The molecule has 370 valence electrons. The van der Waals surface area contributed by atoms with Crippen LogP contribution in [0, 0.1) is 23.7 Å². The van der Waals surface area contributed by atoms with Crippen molar-refractivity contribution >= 4 is 35.7 Å². The third-order valence-electron chi connectivity index (χ3n) is 10.9. The molecule has 6 rings (SSSR count). The Morgan fingerprint density at radius 3 is 1.34 bits per heavy atom. The molecular weight excluding hydrogens is 895 g/mol. The summed E-state index contributed by atoms with van der Waals surface area (Å²) in [6.07, 6.45) is 5.03. The second-order valence-electron chi connectivity index (χ2n) is 16.2. The fourth-order valence-corrected chi connectivity index (χ4v) is 6.96. The Kier molecular flexibility index (Phi) is 24.4. The standard InChI is InChI=1S/2C27H30N2O5.H3NO/c1-20(30)25(27(32)33-2)28-26(31)24-13-11-22(12-14-24)6-4-3-5-21-7-9-23(10-8-21)19-29-15-17-34-18-16-29;1-20(31)26(25(32)19-30)28-27(33)24-12-10-22(11-13-24)5-3-2-4-21-6-8-23(9-7-21)18-29-14-16-34-17-15-29;1-2/h4,6-14,20,25,30H,15-19H2,1-2H3,(H,28,31);3,5-13,20,26,30-31H,14-19H2,1H3,(H,28,33);2H,1H2/b6-4+;5-3+;/t20-,25+;20-,26+;/m11./s1. The molecule has 0 spiro atoms. The highest BCUT2D eigenvalue weighted by Gasteiger charge is 2.27. The highest BCUT2D eigenvalue weighted by molar-refractivity contribution is 5.98. The predicted molar refractivity (Wildman–Crippen MR) is 266 cm³/mol. The summed E-state index contributed by atoms with van der Waals surface area (Å²) in [7, 11) is 1.20.